The highest BCUT2D eigenvalue weighted by molar-refractivity contribution is 5.79. The molecule has 1 aromatic carbocycles. The summed E-state index contributed by atoms with van der Waals surface area (Å²) in [4.78, 5) is 34.6. The fourth-order valence-electron chi connectivity index (χ4n) is 4.39. The van der Waals surface area contributed by atoms with Crippen molar-refractivity contribution in [2.45, 2.75) is 38.5 Å². The van der Waals surface area contributed by atoms with Gasteiger partial charge in [-0.15, -0.1) is 0 Å². The van der Waals surface area contributed by atoms with Crippen LogP contribution in [0.2, 0.25) is 0 Å². The van der Waals surface area contributed by atoms with Gasteiger partial charge < -0.3 is 21.3 Å². The van der Waals surface area contributed by atoms with E-state index in [0.29, 0.717) is 18.2 Å². The van der Waals surface area contributed by atoms with Gasteiger partial charge in [-0.05, 0) is 50.7 Å². The Balaban J connectivity index is 1.67. The predicted molar refractivity (Wildman–Crippen MR) is 118 cm³/mol. The van der Waals surface area contributed by atoms with Crippen molar-refractivity contribution in [3.8, 4) is 0 Å². The number of hydrogen-bond acceptors (Lipinski definition) is 8. The van der Waals surface area contributed by atoms with Gasteiger partial charge in [0.25, 0.3) is 5.69 Å². The summed E-state index contributed by atoms with van der Waals surface area (Å²) in [5, 5.41) is 17.1. The van der Waals surface area contributed by atoms with Gasteiger partial charge in [-0.2, -0.15) is 4.98 Å². The second kappa shape index (κ2) is 8.75. The van der Waals surface area contributed by atoms with Crippen molar-refractivity contribution in [1.82, 2.24) is 15.3 Å². The summed E-state index contributed by atoms with van der Waals surface area (Å²) in [7, 11) is 1.67. The Kier molecular flexibility index (Phi) is 5.88. The largest absolute Gasteiger partial charge is 0.393 e. The fourth-order valence-corrected chi connectivity index (χ4v) is 4.39. The number of carbonyl (C=O) groups is 1. The van der Waals surface area contributed by atoms with E-state index in [1.807, 2.05) is 0 Å². The molecule has 2 aliphatic rings. The lowest BCUT2D eigenvalue weighted by molar-refractivity contribution is -0.383. The zero-order valence-corrected chi connectivity index (χ0v) is 17.6. The number of amides is 1. The molecule has 0 bridgehead atoms. The Morgan fingerprint density at radius 2 is 2.06 bits per heavy atom. The van der Waals surface area contributed by atoms with E-state index in [9.17, 15) is 14.9 Å². The van der Waals surface area contributed by atoms with E-state index >= 15 is 0 Å². The Hall–Kier alpha value is -3.43. The summed E-state index contributed by atoms with van der Waals surface area (Å²) in [6, 6.07) is 4.56. The first-order valence-corrected chi connectivity index (χ1v) is 10.6. The number of nitro groups is 1. The van der Waals surface area contributed by atoms with Crippen LogP contribution >= 0.6 is 0 Å². The lowest BCUT2D eigenvalue weighted by Gasteiger charge is -2.35. The molecule has 4 N–H and O–H groups in total. The van der Waals surface area contributed by atoms with Gasteiger partial charge in [0.1, 0.15) is 11.5 Å². The number of nitrogen functional groups attached to an aromatic ring is 1. The number of nitrogens with zero attached hydrogens (tertiary/aromatic N) is 4. The topological polar surface area (TPSA) is 139 Å². The number of carbonyl (C=O) groups excluding carboxylic acids is 1. The van der Waals surface area contributed by atoms with Crippen LogP contribution in [0.1, 0.15) is 36.9 Å². The standard InChI is InChI=1S/C21H27N7O3/c1-23-20(29)13-5-4-10-27(12-13)19-15-6-2-3-7-17(15)25-21(26-19)24-14-8-9-16(22)18(11-14)28(30)31/h8-9,11,13H,2-7,10,12,22H2,1H3,(H,23,29)(H,24,25,26)/t13-/m1/s1. The van der Waals surface area contributed by atoms with E-state index in [1.54, 1.807) is 13.1 Å². The van der Waals surface area contributed by atoms with Crippen LogP contribution < -0.4 is 21.3 Å². The van der Waals surface area contributed by atoms with E-state index in [-0.39, 0.29) is 23.2 Å². The van der Waals surface area contributed by atoms with E-state index < -0.39 is 4.92 Å². The van der Waals surface area contributed by atoms with E-state index in [4.69, 9.17) is 15.7 Å². The number of aryl methyl sites for hydroxylation is 1. The van der Waals surface area contributed by atoms with E-state index in [2.05, 4.69) is 15.5 Å². The number of nitro benzene ring substituents is 1. The van der Waals surface area contributed by atoms with Crippen LogP contribution in [0, 0.1) is 16.0 Å². The summed E-state index contributed by atoms with van der Waals surface area (Å²) in [6.07, 6.45) is 5.73. The highest BCUT2D eigenvalue weighted by Gasteiger charge is 2.29. The number of nitrogens with two attached hydrogens (primary N) is 1. The number of fused-ring (bicyclic) bond motifs is 1. The molecule has 1 amide bonds. The molecule has 2 aromatic rings. The van der Waals surface area contributed by atoms with Crippen LogP contribution in [0.4, 0.5) is 28.8 Å². The molecule has 1 atom stereocenters. The van der Waals surface area contributed by atoms with Crippen LogP contribution in [0.15, 0.2) is 18.2 Å². The Labute approximate surface area is 180 Å². The number of nitrogens with one attached hydrogen (secondary N) is 2. The SMILES string of the molecule is CNC(=O)[C@@H]1CCCN(c2nc(Nc3ccc(N)c([N+](=O)[O-])c3)nc3c2CCCC3)C1. The predicted octanol–water partition coefficient (Wildman–Crippen LogP) is 2.55. The Morgan fingerprint density at radius 1 is 1.26 bits per heavy atom. The molecule has 164 valence electrons. The summed E-state index contributed by atoms with van der Waals surface area (Å²) in [6.45, 7) is 1.46. The molecule has 1 aromatic heterocycles. The molecule has 0 saturated carbocycles. The van der Waals surface area contributed by atoms with Crippen LogP contribution in [0.25, 0.3) is 0 Å². The van der Waals surface area contributed by atoms with Gasteiger partial charge in [0.05, 0.1) is 16.5 Å². The van der Waals surface area contributed by atoms with E-state index in [1.165, 1.54) is 12.1 Å². The monoisotopic (exact) mass is 425 g/mol. The minimum atomic E-state index is -0.508. The van der Waals surface area contributed by atoms with Gasteiger partial charge >= 0.3 is 0 Å². The van der Waals surface area contributed by atoms with Crippen molar-refractivity contribution in [3.63, 3.8) is 0 Å². The Bertz CT molecular complexity index is 1010. The van der Waals surface area contributed by atoms with Crippen molar-refractivity contribution in [2.75, 3.05) is 36.1 Å². The van der Waals surface area contributed by atoms with Gasteiger partial charge in [0.2, 0.25) is 11.9 Å². The van der Waals surface area contributed by atoms with Crippen molar-refractivity contribution in [2.24, 2.45) is 5.92 Å². The zero-order valence-electron chi connectivity index (χ0n) is 17.6. The quantitative estimate of drug-likeness (QED) is 0.377. The third-order valence-electron chi connectivity index (χ3n) is 5.98. The third kappa shape index (κ3) is 4.37. The molecule has 1 aliphatic heterocycles. The number of rotatable bonds is 5. The van der Waals surface area contributed by atoms with E-state index in [0.717, 1.165) is 62.1 Å². The number of benzene rings is 1. The van der Waals surface area contributed by atoms with Gasteiger partial charge in [-0.3, -0.25) is 14.9 Å². The van der Waals surface area contributed by atoms with Gasteiger partial charge in [0.15, 0.2) is 0 Å². The molecule has 4 rings (SSSR count). The molecule has 31 heavy (non-hydrogen) atoms. The average Bonchev–Trinajstić information content (AvgIpc) is 2.79. The number of anilines is 4. The molecular weight excluding hydrogens is 398 g/mol. The Morgan fingerprint density at radius 3 is 2.84 bits per heavy atom. The number of piperidine rings is 1. The first-order chi connectivity index (χ1) is 15.0. The van der Waals surface area contributed by atoms with Gasteiger partial charge in [-0.25, -0.2) is 4.98 Å². The normalized spacial score (nSPS) is 18.2. The lowest BCUT2D eigenvalue weighted by Crippen LogP contribution is -2.43. The summed E-state index contributed by atoms with van der Waals surface area (Å²) in [5.41, 5.74) is 8.31. The maximum atomic E-state index is 12.2. The molecule has 1 aliphatic carbocycles. The van der Waals surface area contributed by atoms with Crippen LogP contribution in [0.5, 0.6) is 0 Å². The summed E-state index contributed by atoms with van der Waals surface area (Å²) >= 11 is 0. The molecule has 0 radical (unpaired) electrons. The first-order valence-electron chi connectivity index (χ1n) is 10.6. The highest BCUT2D eigenvalue weighted by atomic mass is 16.6. The van der Waals surface area contributed by atoms with Crippen LogP contribution in [-0.4, -0.2) is 40.9 Å². The van der Waals surface area contributed by atoms with Crippen molar-refractivity contribution in [1.29, 1.82) is 0 Å². The molecule has 1 saturated heterocycles. The van der Waals surface area contributed by atoms with Crippen LogP contribution in [0.3, 0.4) is 0 Å². The molecule has 10 nitrogen and oxygen atoms in total. The molecule has 0 unspecified atom stereocenters. The van der Waals surface area contributed by atoms with Gasteiger partial charge in [-0.1, -0.05) is 0 Å². The fraction of sp³-hybridized carbons (Fsp3) is 0.476. The first kappa shape index (κ1) is 20.8. The minimum absolute atomic E-state index is 0.0557. The highest BCUT2D eigenvalue weighted by Crippen LogP contribution is 2.33. The van der Waals surface area contributed by atoms with Crippen LogP contribution in [-0.2, 0) is 17.6 Å². The second-order valence-corrected chi connectivity index (χ2v) is 8.06. The van der Waals surface area contributed by atoms with Crippen molar-refractivity contribution >= 4 is 34.7 Å². The molecule has 0 spiro atoms. The number of hydrogen-bond donors (Lipinski definition) is 3. The lowest BCUT2D eigenvalue weighted by atomic mass is 9.93. The molecular formula is C21H27N7O3. The maximum absolute atomic E-state index is 12.2. The zero-order chi connectivity index (χ0) is 22.0. The smallest absolute Gasteiger partial charge is 0.294 e. The second-order valence-electron chi connectivity index (χ2n) is 8.06. The summed E-state index contributed by atoms with van der Waals surface area (Å²) in [5.74, 6) is 1.26. The molecule has 1 fully saturated rings. The van der Waals surface area contributed by atoms with Crippen molar-refractivity contribution < 1.29 is 9.72 Å². The summed E-state index contributed by atoms with van der Waals surface area (Å²) < 4.78 is 0. The van der Waals surface area contributed by atoms with Gasteiger partial charge in [0, 0.05) is 37.5 Å². The third-order valence-corrected chi connectivity index (χ3v) is 5.98. The minimum Gasteiger partial charge on any atom is -0.393 e. The number of aromatic nitrogens is 2. The molecule has 2 heterocycles. The average molecular weight is 425 g/mol. The molecule has 10 heteroatoms. The van der Waals surface area contributed by atoms with Crippen molar-refractivity contribution in [3.05, 3.63) is 39.6 Å². The maximum Gasteiger partial charge on any atom is 0.294 e.